The Morgan fingerprint density at radius 1 is 1.13 bits per heavy atom. The molecule has 3 aromatic heterocycles. The molecule has 0 unspecified atom stereocenters. The lowest BCUT2D eigenvalue weighted by molar-refractivity contribution is 0.491. The van der Waals surface area contributed by atoms with E-state index in [-0.39, 0.29) is 22.8 Å². The number of benzene rings is 1. The summed E-state index contributed by atoms with van der Waals surface area (Å²) in [5.41, 5.74) is 2.42. The molecule has 0 bridgehead atoms. The third-order valence-electron chi connectivity index (χ3n) is 6.54. The normalized spacial score (nSPS) is 14.1. The minimum absolute atomic E-state index is 0.0925. The van der Waals surface area contributed by atoms with Gasteiger partial charge in [-0.3, -0.25) is 9.71 Å². The van der Waals surface area contributed by atoms with Gasteiger partial charge < -0.3 is 10.2 Å². The number of hydrogen-bond donors (Lipinski definition) is 2. The van der Waals surface area contributed by atoms with Gasteiger partial charge in [-0.15, -0.1) is 0 Å². The number of piperazine rings is 1. The van der Waals surface area contributed by atoms with Gasteiger partial charge in [0.25, 0.3) is 0 Å². The summed E-state index contributed by atoms with van der Waals surface area (Å²) < 4.78 is 46.1. The van der Waals surface area contributed by atoms with Crippen molar-refractivity contribution in [1.82, 2.24) is 29.4 Å². The van der Waals surface area contributed by atoms with Gasteiger partial charge >= 0.3 is 10.2 Å². The van der Waals surface area contributed by atoms with Crippen LogP contribution in [-0.2, 0) is 10.2 Å². The van der Waals surface area contributed by atoms with Gasteiger partial charge in [-0.1, -0.05) is 18.5 Å². The lowest BCUT2D eigenvalue weighted by atomic mass is 10.0. The Morgan fingerprint density at radius 2 is 1.87 bits per heavy atom. The number of halogens is 2. The molecule has 1 aromatic carbocycles. The first-order valence-corrected chi connectivity index (χ1v) is 14.2. The van der Waals surface area contributed by atoms with Crippen molar-refractivity contribution in [2.45, 2.75) is 6.92 Å². The highest BCUT2D eigenvalue weighted by Gasteiger charge is 2.24. The molecule has 2 N–H and O–H groups in total. The Morgan fingerprint density at radius 3 is 2.54 bits per heavy atom. The van der Waals surface area contributed by atoms with Gasteiger partial charge in [0, 0.05) is 80.1 Å². The average Bonchev–Trinajstić information content (AvgIpc) is 3.40. The van der Waals surface area contributed by atoms with E-state index >= 15 is 4.39 Å². The average molecular weight is 571 g/mol. The van der Waals surface area contributed by atoms with Crippen LogP contribution in [0.1, 0.15) is 6.92 Å². The third-order valence-corrected chi connectivity index (χ3v) is 8.31. The minimum Gasteiger partial charge on any atom is -0.368 e. The molecule has 0 saturated carbocycles. The summed E-state index contributed by atoms with van der Waals surface area (Å²) in [4.78, 5) is 10.9. The second kappa shape index (κ2) is 11.3. The van der Waals surface area contributed by atoms with Crippen LogP contribution in [0.25, 0.3) is 28.2 Å². The van der Waals surface area contributed by atoms with Gasteiger partial charge in [0.05, 0.1) is 17.6 Å². The van der Waals surface area contributed by atoms with Crippen LogP contribution in [0.15, 0.2) is 61.2 Å². The van der Waals surface area contributed by atoms with E-state index in [2.05, 4.69) is 24.9 Å². The van der Waals surface area contributed by atoms with Gasteiger partial charge in [-0.2, -0.15) is 17.8 Å². The zero-order chi connectivity index (χ0) is 27.6. The summed E-state index contributed by atoms with van der Waals surface area (Å²) in [7, 11) is -2.58. The zero-order valence-corrected chi connectivity index (χ0v) is 23.0. The number of hydrogen-bond acceptors (Lipinski definition) is 7. The number of aromatic nitrogens is 4. The van der Waals surface area contributed by atoms with Gasteiger partial charge in [0.1, 0.15) is 5.69 Å². The number of nitrogens with zero attached hydrogens (tertiary/aromatic N) is 6. The molecule has 1 saturated heterocycles. The predicted molar refractivity (Wildman–Crippen MR) is 151 cm³/mol. The number of anilines is 2. The summed E-state index contributed by atoms with van der Waals surface area (Å²) in [6.07, 6.45) is 6.69. The van der Waals surface area contributed by atoms with Crippen molar-refractivity contribution >= 4 is 33.2 Å². The maximum absolute atomic E-state index is 15.9. The molecule has 0 spiro atoms. The van der Waals surface area contributed by atoms with Crippen molar-refractivity contribution in [3.05, 3.63) is 72.0 Å². The molecule has 13 heteroatoms. The van der Waals surface area contributed by atoms with Crippen LogP contribution >= 0.6 is 11.6 Å². The molecular weight excluding hydrogens is 543 g/mol. The van der Waals surface area contributed by atoms with Crippen molar-refractivity contribution in [3.8, 4) is 28.2 Å². The second-order valence-corrected chi connectivity index (χ2v) is 11.2. The molecule has 0 amide bonds. The number of nitrogens with one attached hydrogen (secondary N) is 2. The fraction of sp³-hybridized carbons (Fsp3) is 0.269. The molecule has 1 aliphatic rings. The highest BCUT2D eigenvalue weighted by atomic mass is 35.5. The first-order valence-electron chi connectivity index (χ1n) is 12.4. The Bertz CT molecular complexity index is 1560. The Kier molecular flexibility index (Phi) is 7.80. The predicted octanol–water partition coefficient (Wildman–Crippen LogP) is 3.81. The standard InChI is InChI=1S/C26H28ClFN8O2S/c1-3-34(2)39(37,38)33-23-15-19(27)14-21(25(23)28)22-17-36(32-26(22)18-6-8-29-9-7-18)24-5-4-20(16-31-24)35-12-10-30-11-13-35/h4-9,14-17,30,33H,3,10-13H2,1-2H3. The van der Waals surface area contributed by atoms with Crippen molar-refractivity contribution in [1.29, 1.82) is 0 Å². The monoisotopic (exact) mass is 570 g/mol. The molecule has 4 heterocycles. The van der Waals surface area contributed by atoms with E-state index in [1.807, 2.05) is 12.1 Å². The van der Waals surface area contributed by atoms with Crippen LogP contribution in [0.5, 0.6) is 0 Å². The van der Waals surface area contributed by atoms with E-state index < -0.39 is 16.0 Å². The largest absolute Gasteiger partial charge is 0.368 e. The Labute approximate surface area is 231 Å². The molecule has 204 valence electrons. The molecule has 0 radical (unpaired) electrons. The fourth-order valence-electron chi connectivity index (χ4n) is 4.28. The fourth-order valence-corrected chi connectivity index (χ4v) is 5.42. The summed E-state index contributed by atoms with van der Waals surface area (Å²) in [5.74, 6) is -0.229. The van der Waals surface area contributed by atoms with Crippen molar-refractivity contribution < 1.29 is 12.8 Å². The zero-order valence-electron chi connectivity index (χ0n) is 21.5. The second-order valence-electron chi connectivity index (χ2n) is 9.02. The molecule has 4 aromatic rings. The van der Waals surface area contributed by atoms with Gasteiger partial charge in [-0.25, -0.2) is 14.1 Å². The van der Waals surface area contributed by atoms with Crippen LogP contribution in [0.3, 0.4) is 0 Å². The molecule has 0 atom stereocenters. The van der Waals surface area contributed by atoms with Gasteiger partial charge in [0.15, 0.2) is 11.6 Å². The Hall–Kier alpha value is -3.58. The lowest BCUT2D eigenvalue weighted by Crippen LogP contribution is -2.43. The lowest BCUT2D eigenvalue weighted by Gasteiger charge is -2.29. The third kappa shape index (κ3) is 5.74. The number of rotatable bonds is 8. The summed E-state index contributed by atoms with van der Waals surface area (Å²) in [6.45, 7) is 5.51. The first kappa shape index (κ1) is 27.0. The van der Waals surface area contributed by atoms with Gasteiger partial charge in [0.2, 0.25) is 0 Å². The van der Waals surface area contributed by atoms with Crippen LogP contribution < -0.4 is 14.9 Å². The summed E-state index contributed by atoms with van der Waals surface area (Å²) in [6, 6.07) is 10.1. The summed E-state index contributed by atoms with van der Waals surface area (Å²) >= 11 is 6.35. The highest BCUT2D eigenvalue weighted by Crippen LogP contribution is 2.38. The Balaban J connectivity index is 1.58. The van der Waals surface area contributed by atoms with Crippen LogP contribution in [0.2, 0.25) is 5.02 Å². The van der Waals surface area contributed by atoms with E-state index in [9.17, 15) is 8.42 Å². The molecule has 0 aliphatic carbocycles. The summed E-state index contributed by atoms with van der Waals surface area (Å²) in [5, 5.41) is 8.23. The molecule has 5 rings (SSSR count). The molecule has 10 nitrogen and oxygen atoms in total. The highest BCUT2D eigenvalue weighted by molar-refractivity contribution is 7.90. The maximum atomic E-state index is 15.9. The molecule has 1 fully saturated rings. The minimum atomic E-state index is -3.98. The molecular formula is C26H28ClFN8O2S. The van der Waals surface area contributed by atoms with Crippen LogP contribution in [0, 0.1) is 5.82 Å². The maximum Gasteiger partial charge on any atom is 0.301 e. The topological polar surface area (TPSA) is 108 Å². The van der Waals surface area contributed by atoms with E-state index in [0.717, 1.165) is 36.2 Å². The van der Waals surface area contributed by atoms with E-state index in [0.29, 0.717) is 22.6 Å². The van der Waals surface area contributed by atoms with Crippen molar-refractivity contribution in [2.75, 3.05) is 49.4 Å². The van der Waals surface area contributed by atoms with E-state index in [4.69, 9.17) is 16.7 Å². The molecule has 1 aliphatic heterocycles. The smallest absolute Gasteiger partial charge is 0.301 e. The molecule has 39 heavy (non-hydrogen) atoms. The van der Waals surface area contributed by atoms with Crippen LogP contribution in [0.4, 0.5) is 15.8 Å². The van der Waals surface area contributed by atoms with Crippen molar-refractivity contribution in [2.24, 2.45) is 0 Å². The SMILES string of the molecule is CCN(C)S(=O)(=O)Nc1cc(Cl)cc(-c2cn(-c3ccc(N4CCNCC4)cn3)nc2-c2ccncc2)c1F. The van der Waals surface area contributed by atoms with Gasteiger partial charge in [-0.05, 0) is 36.4 Å². The first-order chi connectivity index (χ1) is 18.8. The van der Waals surface area contributed by atoms with E-state index in [1.54, 1.807) is 48.5 Å². The van der Waals surface area contributed by atoms with Crippen LogP contribution in [-0.4, -0.2) is 72.2 Å². The van der Waals surface area contributed by atoms with E-state index in [1.165, 1.54) is 19.2 Å². The number of pyridine rings is 2. The quantitative estimate of drug-likeness (QED) is 0.332. The van der Waals surface area contributed by atoms with Crippen molar-refractivity contribution in [3.63, 3.8) is 0 Å².